The van der Waals surface area contributed by atoms with Gasteiger partial charge < -0.3 is 0 Å². The molecular weight excluding hydrogens is 158 g/mol. The number of aryl methyl sites for hydroxylation is 2. The van der Waals surface area contributed by atoms with Crippen LogP contribution in [-0.2, 0) is 0 Å². The summed E-state index contributed by atoms with van der Waals surface area (Å²) in [7, 11) is 0. The summed E-state index contributed by atoms with van der Waals surface area (Å²) >= 11 is 5.78. The van der Waals surface area contributed by atoms with E-state index < -0.39 is 0 Å². The van der Waals surface area contributed by atoms with Gasteiger partial charge in [0.1, 0.15) is 5.15 Å². The van der Waals surface area contributed by atoms with Gasteiger partial charge in [-0.2, -0.15) is 0 Å². The van der Waals surface area contributed by atoms with Crippen LogP contribution in [0.4, 0.5) is 0 Å². The third-order valence-corrected chi connectivity index (χ3v) is 1.72. The molecule has 1 rings (SSSR count). The van der Waals surface area contributed by atoms with Crippen molar-refractivity contribution in [3.05, 3.63) is 28.0 Å². The molecule has 0 aliphatic rings. The first-order valence-electron chi connectivity index (χ1n) is 3.25. The Hall–Kier alpha value is -1.00. The summed E-state index contributed by atoms with van der Waals surface area (Å²) in [5, 5.41) is 0.421. The minimum Gasteiger partial charge on any atom is -0.240 e. The van der Waals surface area contributed by atoms with Crippen LogP contribution in [0.25, 0.3) is 0 Å². The van der Waals surface area contributed by atoms with Gasteiger partial charge in [-0.15, -0.1) is 6.42 Å². The third-order valence-electron chi connectivity index (χ3n) is 1.44. The molecule has 1 heterocycles. The van der Waals surface area contributed by atoms with Crippen molar-refractivity contribution < 1.29 is 0 Å². The molecule has 0 aliphatic heterocycles. The first-order chi connectivity index (χ1) is 5.15. The Morgan fingerprint density at radius 3 is 2.64 bits per heavy atom. The predicted molar refractivity (Wildman–Crippen MR) is 46.7 cm³/mol. The van der Waals surface area contributed by atoms with Crippen LogP contribution < -0.4 is 0 Å². The fourth-order valence-electron chi connectivity index (χ4n) is 0.965. The highest BCUT2D eigenvalue weighted by molar-refractivity contribution is 6.30. The summed E-state index contributed by atoms with van der Waals surface area (Å²) in [6.07, 6.45) is 5.23. The second-order valence-corrected chi connectivity index (χ2v) is 2.75. The van der Waals surface area contributed by atoms with Crippen molar-refractivity contribution in [2.24, 2.45) is 0 Å². The molecule has 2 heteroatoms. The van der Waals surface area contributed by atoms with E-state index in [4.69, 9.17) is 18.0 Å². The lowest BCUT2D eigenvalue weighted by molar-refractivity contribution is 1.17. The number of terminal acetylenes is 1. The van der Waals surface area contributed by atoms with E-state index in [1.165, 1.54) is 0 Å². The standard InChI is InChI=1S/C9H8ClN/c1-4-8-6(2)5-7(3)11-9(8)10/h1,5H,2-3H3. The molecule has 56 valence electrons. The lowest BCUT2D eigenvalue weighted by atomic mass is 10.1. The second-order valence-electron chi connectivity index (χ2n) is 2.39. The van der Waals surface area contributed by atoms with Crippen LogP contribution in [0.15, 0.2) is 6.07 Å². The van der Waals surface area contributed by atoms with Gasteiger partial charge in [-0.05, 0) is 25.5 Å². The number of rotatable bonds is 0. The minimum absolute atomic E-state index is 0.421. The first kappa shape index (κ1) is 8.10. The Bertz CT molecular complexity index is 300. The normalized spacial score (nSPS) is 9.27. The van der Waals surface area contributed by atoms with E-state index in [0.717, 1.165) is 11.3 Å². The smallest absolute Gasteiger partial charge is 0.145 e. The topological polar surface area (TPSA) is 12.9 Å². The maximum Gasteiger partial charge on any atom is 0.145 e. The fraction of sp³-hybridized carbons (Fsp3) is 0.222. The van der Waals surface area contributed by atoms with Crippen LogP contribution in [0.2, 0.25) is 5.15 Å². The van der Waals surface area contributed by atoms with Crippen molar-refractivity contribution >= 4 is 11.6 Å². The summed E-state index contributed by atoms with van der Waals surface area (Å²) in [6.45, 7) is 3.81. The summed E-state index contributed by atoms with van der Waals surface area (Å²) in [5.74, 6) is 2.50. The quantitative estimate of drug-likeness (QED) is 0.425. The number of hydrogen-bond donors (Lipinski definition) is 0. The van der Waals surface area contributed by atoms with Crippen molar-refractivity contribution in [1.82, 2.24) is 4.98 Å². The zero-order chi connectivity index (χ0) is 8.43. The number of hydrogen-bond acceptors (Lipinski definition) is 1. The lowest BCUT2D eigenvalue weighted by Crippen LogP contribution is -1.90. The molecule has 0 saturated heterocycles. The molecule has 0 bridgehead atoms. The summed E-state index contributed by atoms with van der Waals surface area (Å²) in [4.78, 5) is 4.03. The van der Waals surface area contributed by atoms with E-state index in [2.05, 4.69) is 10.9 Å². The van der Waals surface area contributed by atoms with Crippen molar-refractivity contribution in [2.75, 3.05) is 0 Å². The maximum atomic E-state index is 5.78. The molecule has 0 N–H and O–H groups in total. The molecule has 1 nitrogen and oxygen atoms in total. The monoisotopic (exact) mass is 165 g/mol. The number of halogens is 1. The van der Waals surface area contributed by atoms with Gasteiger partial charge in [0.05, 0.1) is 5.56 Å². The van der Waals surface area contributed by atoms with E-state index in [9.17, 15) is 0 Å². The Balaban J connectivity index is 3.40. The van der Waals surface area contributed by atoms with Gasteiger partial charge in [-0.25, -0.2) is 4.98 Å². The number of nitrogens with zero attached hydrogens (tertiary/aromatic N) is 1. The van der Waals surface area contributed by atoms with E-state index >= 15 is 0 Å². The third kappa shape index (κ3) is 1.53. The highest BCUT2D eigenvalue weighted by Crippen LogP contribution is 2.16. The summed E-state index contributed by atoms with van der Waals surface area (Å²) < 4.78 is 0. The maximum absolute atomic E-state index is 5.78. The van der Waals surface area contributed by atoms with Gasteiger partial charge in [-0.3, -0.25) is 0 Å². The van der Waals surface area contributed by atoms with E-state index in [1.54, 1.807) is 0 Å². The Labute approximate surface area is 71.4 Å². The average Bonchev–Trinajstić information content (AvgIpc) is 1.85. The molecule has 0 amide bonds. The molecule has 0 spiro atoms. The number of aromatic nitrogens is 1. The Morgan fingerprint density at radius 2 is 2.18 bits per heavy atom. The van der Waals surface area contributed by atoms with Crippen molar-refractivity contribution in [3.8, 4) is 12.3 Å². The molecule has 0 saturated carbocycles. The molecule has 1 aromatic heterocycles. The van der Waals surface area contributed by atoms with Gasteiger partial charge in [0.2, 0.25) is 0 Å². The molecular formula is C9H8ClN. The zero-order valence-electron chi connectivity index (χ0n) is 6.48. The fourth-order valence-corrected chi connectivity index (χ4v) is 1.30. The van der Waals surface area contributed by atoms with Crippen LogP contribution in [0.1, 0.15) is 16.8 Å². The minimum atomic E-state index is 0.421. The van der Waals surface area contributed by atoms with Crippen LogP contribution in [0.3, 0.4) is 0 Å². The molecule has 0 unspecified atom stereocenters. The molecule has 0 radical (unpaired) electrons. The number of pyridine rings is 1. The molecule has 1 aromatic rings. The van der Waals surface area contributed by atoms with E-state index in [1.807, 2.05) is 19.9 Å². The molecule has 0 aromatic carbocycles. The van der Waals surface area contributed by atoms with Crippen LogP contribution in [0, 0.1) is 26.2 Å². The van der Waals surface area contributed by atoms with Crippen LogP contribution in [0.5, 0.6) is 0 Å². The molecule has 0 aliphatic carbocycles. The SMILES string of the molecule is C#Cc1c(C)cc(C)nc1Cl. The van der Waals surface area contributed by atoms with Crippen molar-refractivity contribution in [3.63, 3.8) is 0 Å². The predicted octanol–water partition coefficient (Wildman–Crippen LogP) is 2.33. The first-order valence-corrected chi connectivity index (χ1v) is 3.63. The van der Waals surface area contributed by atoms with Gasteiger partial charge >= 0.3 is 0 Å². The van der Waals surface area contributed by atoms with Gasteiger partial charge in [0.15, 0.2) is 0 Å². The highest BCUT2D eigenvalue weighted by Gasteiger charge is 2.02. The zero-order valence-corrected chi connectivity index (χ0v) is 7.24. The summed E-state index contributed by atoms with van der Waals surface area (Å²) in [5.41, 5.74) is 2.59. The Kier molecular flexibility index (Phi) is 2.16. The van der Waals surface area contributed by atoms with Crippen LogP contribution >= 0.6 is 11.6 Å². The second kappa shape index (κ2) is 2.94. The van der Waals surface area contributed by atoms with Gasteiger partial charge in [0.25, 0.3) is 0 Å². The largest absolute Gasteiger partial charge is 0.240 e. The van der Waals surface area contributed by atoms with Crippen LogP contribution in [-0.4, -0.2) is 4.98 Å². The van der Waals surface area contributed by atoms with Gasteiger partial charge in [-0.1, -0.05) is 17.5 Å². The highest BCUT2D eigenvalue weighted by atomic mass is 35.5. The average molecular weight is 166 g/mol. The molecule has 11 heavy (non-hydrogen) atoms. The lowest BCUT2D eigenvalue weighted by Gasteiger charge is -2.01. The molecule has 0 fully saturated rings. The summed E-state index contributed by atoms with van der Waals surface area (Å²) in [6, 6.07) is 1.92. The van der Waals surface area contributed by atoms with E-state index in [0.29, 0.717) is 10.7 Å². The van der Waals surface area contributed by atoms with Gasteiger partial charge in [0, 0.05) is 5.69 Å². The van der Waals surface area contributed by atoms with E-state index in [-0.39, 0.29) is 0 Å². The molecule has 0 atom stereocenters. The Morgan fingerprint density at radius 1 is 1.55 bits per heavy atom. The van der Waals surface area contributed by atoms with Crippen molar-refractivity contribution in [2.45, 2.75) is 13.8 Å². The van der Waals surface area contributed by atoms with Crippen molar-refractivity contribution in [1.29, 1.82) is 0 Å².